The summed E-state index contributed by atoms with van der Waals surface area (Å²) < 4.78 is 36.9. The molecule has 1 heterocycles. The minimum atomic E-state index is -1.73. The van der Waals surface area contributed by atoms with E-state index in [2.05, 4.69) is 0 Å². The first-order chi connectivity index (χ1) is 17.1. The molecule has 13 heteroatoms. The molecule has 0 bridgehead atoms. The highest BCUT2D eigenvalue weighted by atomic mass is 16.7. The molecule has 198 valence electrons. The lowest BCUT2D eigenvalue weighted by molar-refractivity contribution is -0.277. The number of aromatic hydroxyl groups is 2. The Labute approximate surface area is 205 Å². The molecule has 0 amide bonds. The number of carbonyl (C=O) groups excluding carboxylic acids is 1. The van der Waals surface area contributed by atoms with Gasteiger partial charge in [0.2, 0.25) is 17.8 Å². The van der Waals surface area contributed by atoms with Gasteiger partial charge in [0.15, 0.2) is 23.0 Å². The van der Waals surface area contributed by atoms with Gasteiger partial charge in [-0.2, -0.15) is 0 Å². The molecule has 0 radical (unpaired) electrons. The second-order valence-corrected chi connectivity index (χ2v) is 7.64. The van der Waals surface area contributed by atoms with Crippen LogP contribution >= 0.6 is 0 Å². The molecule has 1 fully saturated rings. The maximum Gasteiger partial charge on any atom is 0.338 e. The molecule has 5 atom stereocenters. The summed E-state index contributed by atoms with van der Waals surface area (Å²) in [5.41, 5.74) is -0.0289. The SMILES string of the molecule is COc1cc(C(=O)OCC2OC(Oc3c(OC)cc(O)cc3OC)C(O)C(O)C2O)cc(OC)c1O. The van der Waals surface area contributed by atoms with Crippen molar-refractivity contribution >= 4 is 5.97 Å². The Morgan fingerprint density at radius 3 is 1.83 bits per heavy atom. The van der Waals surface area contributed by atoms with E-state index in [0.29, 0.717) is 0 Å². The van der Waals surface area contributed by atoms with Gasteiger partial charge in [0.05, 0.1) is 34.0 Å². The summed E-state index contributed by atoms with van der Waals surface area (Å²) in [6.45, 7) is -0.543. The zero-order chi connectivity index (χ0) is 26.6. The van der Waals surface area contributed by atoms with Crippen molar-refractivity contribution in [1.82, 2.24) is 0 Å². The van der Waals surface area contributed by atoms with Crippen LogP contribution in [0.3, 0.4) is 0 Å². The van der Waals surface area contributed by atoms with E-state index in [1.165, 1.54) is 52.7 Å². The van der Waals surface area contributed by atoms with Crippen molar-refractivity contribution in [2.75, 3.05) is 35.0 Å². The summed E-state index contributed by atoms with van der Waals surface area (Å²) in [5, 5.41) is 51.0. The van der Waals surface area contributed by atoms with Crippen LogP contribution in [0.25, 0.3) is 0 Å². The molecule has 1 saturated heterocycles. The number of hydrogen-bond acceptors (Lipinski definition) is 13. The van der Waals surface area contributed by atoms with Gasteiger partial charge in [-0.25, -0.2) is 4.79 Å². The summed E-state index contributed by atoms with van der Waals surface area (Å²) in [6.07, 6.45) is -7.93. The average molecular weight is 512 g/mol. The Kier molecular flexibility index (Phi) is 8.53. The maximum absolute atomic E-state index is 12.6. The molecule has 0 aliphatic carbocycles. The monoisotopic (exact) mass is 512 g/mol. The highest BCUT2D eigenvalue weighted by Crippen LogP contribution is 2.42. The van der Waals surface area contributed by atoms with E-state index in [-0.39, 0.29) is 45.8 Å². The van der Waals surface area contributed by atoms with Gasteiger partial charge in [-0.3, -0.25) is 0 Å². The van der Waals surface area contributed by atoms with Crippen LogP contribution < -0.4 is 23.7 Å². The fraction of sp³-hybridized carbons (Fsp3) is 0.435. The second kappa shape index (κ2) is 11.4. The van der Waals surface area contributed by atoms with Crippen molar-refractivity contribution < 1.29 is 63.5 Å². The van der Waals surface area contributed by atoms with Crippen molar-refractivity contribution in [3.05, 3.63) is 29.8 Å². The summed E-state index contributed by atoms with van der Waals surface area (Å²) in [6, 6.07) is 4.92. The van der Waals surface area contributed by atoms with Gasteiger partial charge < -0.3 is 58.7 Å². The van der Waals surface area contributed by atoms with Gasteiger partial charge in [0, 0.05) is 12.1 Å². The molecule has 5 N–H and O–H groups in total. The molecule has 5 unspecified atom stereocenters. The van der Waals surface area contributed by atoms with Crippen LogP contribution in [0.2, 0.25) is 0 Å². The third kappa shape index (κ3) is 5.44. The van der Waals surface area contributed by atoms with E-state index >= 15 is 0 Å². The highest BCUT2D eigenvalue weighted by Gasteiger charge is 2.46. The number of carbonyl (C=O) groups is 1. The predicted octanol–water partition coefficient (Wildman–Crippen LogP) is 0.176. The van der Waals surface area contributed by atoms with Crippen molar-refractivity contribution in [3.63, 3.8) is 0 Å². The fourth-order valence-electron chi connectivity index (χ4n) is 3.50. The number of rotatable bonds is 9. The number of phenolic OH excluding ortho intramolecular Hbond substituents is 2. The van der Waals surface area contributed by atoms with Gasteiger partial charge in [0.25, 0.3) is 0 Å². The van der Waals surface area contributed by atoms with Gasteiger partial charge in [-0.1, -0.05) is 0 Å². The maximum atomic E-state index is 12.6. The van der Waals surface area contributed by atoms with Crippen LogP contribution in [-0.2, 0) is 9.47 Å². The van der Waals surface area contributed by atoms with Crippen LogP contribution in [0, 0.1) is 0 Å². The van der Waals surface area contributed by atoms with E-state index in [1.807, 2.05) is 0 Å². The Morgan fingerprint density at radius 2 is 1.33 bits per heavy atom. The predicted molar refractivity (Wildman–Crippen MR) is 120 cm³/mol. The molecule has 2 aromatic rings. The zero-order valence-electron chi connectivity index (χ0n) is 19.9. The standard InChI is InChI=1S/C23H28O13/c1-30-12-5-10(6-13(31-2)17(12)25)22(29)34-9-16-18(26)19(27)20(28)23(35-16)36-21-14(32-3)7-11(24)8-15(21)33-4/h5-8,16,18-20,23-28H,9H2,1-4H3. The summed E-state index contributed by atoms with van der Waals surface area (Å²) >= 11 is 0. The van der Waals surface area contributed by atoms with Gasteiger partial charge >= 0.3 is 5.97 Å². The smallest absolute Gasteiger partial charge is 0.338 e. The lowest BCUT2D eigenvalue weighted by Crippen LogP contribution is -2.60. The van der Waals surface area contributed by atoms with Crippen molar-refractivity contribution in [2.24, 2.45) is 0 Å². The second-order valence-electron chi connectivity index (χ2n) is 7.64. The first-order valence-electron chi connectivity index (χ1n) is 10.6. The number of benzene rings is 2. The fourth-order valence-corrected chi connectivity index (χ4v) is 3.50. The molecule has 0 aromatic heterocycles. The third-order valence-corrected chi connectivity index (χ3v) is 5.44. The van der Waals surface area contributed by atoms with Gasteiger partial charge in [0.1, 0.15) is 36.8 Å². The Hall–Kier alpha value is -3.65. The van der Waals surface area contributed by atoms with Crippen LogP contribution in [0.1, 0.15) is 10.4 Å². The first-order valence-corrected chi connectivity index (χ1v) is 10.6. The zero-order valence-corrected chi connectivity index (χ0v) is 19.9. The highest BCUT2D eigenvalue weighted by molar-refractivity contribution is 5.91. The molecule has 2 aromatic carbocycles. The summed E-state index contributed by atoms with van der Waals surface area (Å²) in [4.78, 5) is 12.6. The number of esters is 1. The summed E-state index contributed by atoms with van der Waals surface area (Å²) in [7, 11) is 5.21. The number of aliphatic hydroxyl groups is 3. The van der Waals surface area contributed by atoms with Crippen molar-refractivity contribution in [3.8, 4) is 40.2 Å². The van der Waals surface area contributed by atoms with Gasteiger partial charge in [-0.05, 0) is 12.1 Å². The minimum Gasteiger partial charge on any atom is -0.508 e. The first kappa shape index (κ1) is 26.9. The topological polar surface area (TPSA) is 183 Å². The lowest BCUT2D eigenvalue weighted by Gasteiger charge is -2.40. The van der Waals surface area contributed by atoms with Crippen molar-refractivity contribution in [1.29, 1.82) is 0 Å². The molecule has 1 aliphatic heterocycles. The normalized spacial score (nSPS) is 23.5. The lowest BCUT2D eigenvalue weighted by atomic mass is 9.99. The number of hydrogen-bond donors (Lipinski definition) is 5. The van der Waals surface area contributed by atoms with Crippen LogP contribution in [0.5, 0.6) is 40.2 Å². The molecular formula is C23H28O13. The number of phenols is 2. The molecular weight excluding hydrogens is 484 g/mol. The number of ether oxygens (including phenoxy) is 7. The van der Waals surface area contributed by atoms with Gasteiger partial charge in [-0.15, -0.1) is 0 Å². The Balaban J connectivity index is 1.77. The quantitative estimate of drug-likeness (QED) is 0.287. The molecule has 13 nitrogen and oxygen atoms in total. The number of methoxy groups -OCH3 is 4. The van der Waals surface area contributed by atoms with E-state index in [9.17, 15) is 30.3 Å². The summed E-state index contributed by atoms with van der Waals surface area (Å²) in [5.74, 6) is -1.38. The average Bonchev–Trinajstić information content (AvgIpc) is 2.88. The molecule has 36 heavy (non-hydrogen) atoms. The van der Waals surface area contributed by atoms with Crippen LogP contribution in [0.15, 0.2) is 24.3 Å². The minimum absolute atomic E-state index is 0.0287. The van der Waals surface area contributed by atoms with E-state index < -0.39 is 43.3 Å². The van der Waals surface area contributed by atoms with Crippen LogP contribution in [-0.4, -0.2) is 97.3 Å². The third-order valence-electron chi connectivity index (χ3n) is 5.44. The Bertz CT molecular complexity index is 1020. The van der Waals surface area contributed by atoms with Crippen molar-refractivity contribution in [2.45, 2.75) is 30.7 Å². The van der Waals surface area contributed by atoms with E-state index in [1.54, 1.807) is 0 Å². The molecule has 3 rings (SSSR count). The largest absolute Gasteiger partial charge is 0.508 e. The van der Waals surface area contributed by atoms with E-state index in [4.69, 9.17) is 33.2 Å². The molecule has 1 aliphatic rings. The van der Waals surface area contributed by atoms with Crippen LogP contribution in [0.4, 0.5) is 0 Å². The Morgan fingerprint density at radius 1 is 0.806 bits per heavy atom. The number of aliphatic hydroxyl groups excluding tert-OH is 3. The molecule has 0 spiro atoms. The van der Waals surface area contributed by atoms with E-state index in [0.717, 1.165) is 0 Å². The molecule has 0 saturated carbocycles.